The normalized spacial score (nSPS) is 11.7. The number of carbonyl (C=O) groups is 1. The van der Waals surface area contributed by atoms with Crippen LogP contribution in [0.1, 0.15) is 30.6 Å². The van der Waals surface area contributed by atoms with Gasteiger partial charge in [-0.1, -0.05) is 13.0 Å². The summed E-state index contributed by atoms with van der Waals surface area (Å²) in [6.07, 6.45) is 4.11. The summed E-state index contributed by atoms with van der Waals surface area (Å²) in [5, 5.41) is 7.30. The third kappa shape index (κ3) is 4.64. The van der Waals surface area contributed by atoms with E-state index in [1.807, 2.05) is 57.1 Å². The molecule has 8 nitrogen and oxygen atoms in total. The molecule has 0 aliphatic rings. The Balaban J connectivity index is 1.75. The monoisotopic (exact) mass is 380 g/mol. The molecule has 0 saturated carbocycles. The molecule has 0 bridgehead atoms. The molecule has 3 aromatic rings. The molecule has 2 aromatic heterocycles. The molecule has 1 atom stereocenters. The quantitative estimate of drug-likeness (QED) is 0.678. The number of benzene rings is 1. The Kier molecular flexibility index (Phi) is 5.88. The summed E-state index contributed by atoms with van der Waals surface area (Å²) in [5.41, 5.74) is 1.94. The number of hydrogen-bond acceptors (Lipinski definition) is 6. The highest BCUT2D eigenvalue weighted by molar-refractivity contribution is 6.04. The van der Waals surface area contributed by atoms with E-state index >= 15 is 0 Å². The van der Waals surface area contributed by atoms with Gasteiger partial charge >= 0.3 is 0 Å². The van der Waals surface area contributed by atoms with Gasteiger partial charge in [-0.05, 0) is 37.6 Å². The molecule has 0 unspecified atom stereocenters. The second kappa shape index (κ2) is 8.51. The van der Waals surface area contributed by atoms with E-state index in [1.165, 1.54) is 0 Å². The maximum absolute atomic E-state index is 12.6. The Labute approximate surface area is 164 Å². The predicted molar refractivity (Wildman–Crippen MR) is 108 cm³/mol. The summed E-state index contributed by atoms with van der Waals surface area (Å²) in [7, 11) is 3.76. The number of rotatable bonds is 7. The van der Waals surface area contributed by atoms with Gasteiger partial charge in [0.2, 0.25) is 11.8 Å². The van der Waals surface area contributed by atoms with Crippen molar-refractivity contribution in [2.75, 3.05) is 24.3 Å². The molecule has 0 saturated heterocycles. The van der Waals surface area contributed by atoms with E-state index in [0.717, 1.165) is 12.1 Å². The van der Waals surface area contributed by atoms with Crippen LogP contribution >= 0.6 is 0 Å². The number of amides is 1. The number of nitrogens with one attached hydrogen (secondary N) is 1. The molecule has 146 valence electrons. The Bertz CT molecular complexity index is 953. The summed E-state index contributed by atoms with van der Waals surface area (Å²) in [4.78, 5) is 22.9. The fourth-order valence-corrected chi connectivity index (χ4v) is 2.42. The minimum Gasteiger partial charge on any atom is -0.475 e. The lowest BCUT2D eigenvalue weighted by Crippen LogP contribution is -2.14. The number of nitrogens with zero attached hydrogens (tertiary/aromatic N) is 5. The predicted octanol–water partition coefficient (Wildman–Crippen LogP) is 3.16. The number of anilines is 2. The van der Waals surface area contributed by atoms with Crippen LogP contribution in [0.15, 0.2) is 48.9 Å². The van der Waals surface area contributed by atoms with Crippen molar-refractivity contribution in [2.45, 2.75) is 26.4 Å². The van der Waals surface area contributed by atoms with Crippen LogP contribution in [0.25, 0.3) is 5.69 Å². The van der Waals surface area contributed by atoms with Crippen LogP contribution in [0.5, 0.6) is 5.88 Å². The molecule has 1 aromatic carbocycles. The molecule has 1 N–H and O–H groups in total. The molecule has 1 amide bonds. The molecule has 3 rings (SSSR count). The van der Waals surface area contributed by atoms with Gasteiger partial charge in [0.05, 0.1) is 11.8 Å². The summed E-state index contributed by atoms with van der Waals surface area (Å²) in [6.45, 7) is 4.00. The Morgan fingerprint density at radius 2 is 2.07 bits per heavy atom. The van der Waals surface area contributed by atoms with Crippen molar-refractivity contribution in [2.24, 2.45) is 0 Å². The van der Waals surface area contributed by atoms with Crippen LogP contribution in [0.2, 0.25) is 0 Å². The first-order valence-corrected chi connectivity index (χ1v) is 9.09. The van der Waals surface area contributed by atoms with Crippen molar-refractivity contribution in [3.8, 4) is 11.6 Å². The van der Waals surface area contributed by atoms with E-state index in [2.05, 4.69) is 20.4 Å². The van der Waals surface area contributed by atoms with Crippen LogP contribution < -0.4 is 15.0 Å². The van der Waals surface area contributed by atoms with Gasteiger partial charge in [-0.15, -0.1) is 5.10 Å². The minimum absolute atomic E-state index is 0.0391. The van der Waals surface area contributed by atoms with Crippen LogP contribution in [0, 0.1) is 0 Å². The highest BCUT2D eigenvalue weighted by Crippen LogP contribution is 2.18. The van der Waals surface area contributed by atoms with Crippen LogP contribution in [-0.2, 0) is 0 Å². The van der Waals surface area contributed by atoms with Crippen LogP contribution in [0.4, 0.5) is 11.6 Å². The van der Waals surface area contributed by atoms with Crippen LogP contribution in [-0.4, -0.2) is 45.9 Å². The summed E-state index contributed by atoms with van der Waals surface area (Å²) in [5.74, 6) is 0.816. The first kappa shape index (κ1) is 19.3. The second-order valence-electron chi connectivity index (χ2n) is 6.61. The SMILES string of the molecule is CC[C@H](C)Oc1cc(C(=O)Nc2cccc(-n3cnc(N(C)C)n3)c2)ccn1. The fourth-order valence-electron chi connectivity index (χ4n) is 2.42. The largest absolute Gasteiger partial charge is 0.475 e. The van der Waals surface area contributed by atoms with Gasteiger partial charge in [0.1, 0.15) is 6.33 Å². The van der Waals surface area contributed by atoms with E-state index < -0.39 is 0 Å². The second-order valence-corrected chi connectivity index (χ2v) is 6.61. The van der Waals surface area contributed by atoms with Crippen molar-refractivity contribution in [3.05, 3.63) is 54.5 Å². The average molecular weight is 380 g/mol. The third-order valence-electron chi connectivity index (χ3n) is 4.14. The molecular weight excluding hydrogens is 356 g/mol. The fraction of sp³-hybridized carbons (Fsp3) is 0.300. The maximum atomic E-state index is 12.6. The van der Waals surface area contributed by atoms with Gasteiger partial charge in [-0.3, -0.25) is 4.79 Å². The smallest absolute Gasteiger partial charge is 0.255 e. The van der Waals surface area contributed by atoms with Gasteiger partial charge in [-0.25, -0.2) is 9.67 Å². The van der Waals surface area contributed by atoms with Gasteiger partial charge in [0.15, 0.2) is 0 Å². The molecule has 0 aliphatic carbocycles. The summed E-state index contributed by atoms with van der Waals surface area (Å²) < 4.78 is 7.35. The molecule has 2 heterocycles. The Morgan fingerprint density at radius 3 is 2.79 bits per heavy atom. The number of carbonyl (C=O) groups excluding carboxylic acids is 1. The lowest BCUT2D eigenvalue weighted by Gasteiger charge is -2.12. The highest BCUT2D eigenvalue weighted by atomic mass is 16.5. The lowest BCUT2D eigenvalue weighted by molar-refractivity contribution is 0.102. The number of aromatic nitrogens is 4. The average Bonchev–Trinajstić information content (AvgIpc) is 3.19. The molecular formula is C20H24N6O2. The van der Waals surface area contributed by atoms with E-state index in [9.17, 15) is 4.79 Å². The standard InChI is InChI=1S/C20H24N6O2/c1-5-14(2)28-18-11-15(9-10-21-18)19(27)23-16-7-6-8-17(12-16)26-13-22-20(24-26)25(3)4/h6-14H,5H2,1-4H3,(H,23,27)/t14-/m0/s1. The Morgan fingerprint density at radius 1 is 1.25 bits per heavy atom. The zero-order valence-electron chi connectivity index (χ0n) is 16.5. The van der Waals surface area contributed by atoms with Crippen molar-refractivity contribution in [1.82, 2.24) is 19.7 Å². The molecule has 0 radical (unpaired) electrons. The zero-order chi connectivity index (χ0) is 20.1. The van der Waals surface area contributed by atoms with Crippen molar-refractivity contribution < 1.29 is 9.53 Å². The number of pyridine rings is 1. The molecule has 0 aliphatic heterocycles. The summed E-state index contributed by atoms with van der Waals surface area (Å²) in [6, 6.07) is 10.7. The first-order chi connectivity index (χ1) is 13.5. The maximum Gasteiger partial charge on any atom is 0.255 e. The van der Waals surface area contributed by atoms with Crippen molar-refractivity contribution in [3.63, 3.8) is 0 Å². The molecule has 0 fully saturated rings. The van der Waals surface area contributed by atoms with Crippen molar-refractivity contribution >= 4 is 17.5 Å². The van der Waals surface area contributed by atoms with Gasteiger partial charge in [0.25, 0.3) is 5.91 Å². The van der Waals surface area contributed by atoms with Gasteiger partial charge in [-0.2, -0.15) is 4.98 Å². The highest BCUT2D eigenvalue weighted by Gasteiger charge is 2.11. The van der Waals surface area contributed by atoms with Crippen LogP contribution in [0.3, 0.4) is 0 Å². The van der Waals surface area contributed by atoms with E-state index in [0.29, 0.717) is 23.1 Å². The lowest BCUT2D eigenvalue weighted by atomic mass is 10.2. The number of ether oxygens (including phenoxy) is 1. The minimum atomic E-state index is -0.235. The van der Waals surface area contributed by atoms with Gasteiger partial charge < -0.3 is 15.0 Å². The third-order valence-corrected chi connectivity index (χ3v) is 4.14. The Hall–Kier alpha value is -3.42. The molecule has 0 spiro atoms. The summed E-state index contributed by atoms with van der Waals surface area (Å²) >= 11 is 0. The zero-order valence-corrected chi connectivity index (χ0v) is 16.5. The molecule has 8 heteroatoms. The van der Waals surface area contributed by atoms with E-state index in [4.69, 9.17) is 4.74 Å². The van der Waals surface area contributed by atoms with Gasteiger partial charge in [0, 0.05) is 37.6 Å². The van der Waals surface area contributed by atoms with E-state index in [-0.39, 0.29) is 12.0 Å². The molecule has 28 heavy (non-hydrogen) atoms. The topological polar surface area (TPSA) is 85.2 Å². The number of hydrogen-bond donors (Lipinski definition) is 1. The van der Waals surface area contributed by atoms with E-state index in [1.54, 1.807) is 29.3 Å². The van der Waals surface area contributed by atoms with Crippen molar-refractivity contribution in [1.29, 1.82) is 0 Å². The first-order valence-electron chi connectivity index (χ1n) is 9.09.